The van der Waals surface area contributed by atoms with Crippen LogP contribution < -0.4 is 5.73 Å². The Morgan fingerprint density at radius 3 is 2.53 bits per heavy atom. The minimum absolute atomic E-state index is 0.166. The number of benzene rings is 1. The topological polar surface area (TPSA) is 42.2 Å². The second kappa shape index (κ2) is 6.66. The molecular weight excluding hydrogens is 258 g/mol. The fourth-order valence-electron chi connectivity index (χ4n) is 2.11. The van der Waals surface area contributed by atoms with Crippen LogP contribution in [0.5, 0.6) is 0 Å². The number of nitrogens with zero attached hydrogens (tertiary/aromatic N) is 2. The van der Waals surface area contributed by atoms with E-state index in [1.165, 1.54) is 5.56 Å². The number of likely N-dealkylation sites (N-methyl/N-ethyl adjacent to an activating group) is 1. The van der Waals surface area contributed by atoms with Crippen LogP contribution >= 0.6 is 11.6 Å². The second-order valence-corrected chi connectivity index (χ2v) is 4.98. The summed E-state index contributed by atoms with van der Waals surface area (Å²) in [7, 11) is 2.06. The summed E-state index contributed by atoms with van der Waals surface area (Å²) in [5.74, 6) is 0. The first-order chi connectivity index (χ1) is 9.20. The monoisotopic (exact) mass is 275 g/mol. The Bertz CT molecular complexity index is 499. The molecule has 0 saturated heterocycles. The van der Waals surface area contributed by atoms with Crippen molar-refractivity contribution in [1.82, 2.24) is 9.88 Å². The molecule has 100 valence electrons. The first kappa shape index (κ1) is 14.0. The van der Waals surface area contributed by atoms with E-state index in [0.29, 0.717) is 6.54 Å². The first-order valence-corrected chi connectivity index (χ1v) is 6.64. The highest BCUT2D eigenvalue weighted by molar-refractivity contribution is 6.30. The molecule has 0 fully saturated rings. The van der Waals surface area contributed by atoms with E-state index in [1.54, 1.807) is 0 Å². The lowest BCUT2D eigenvalue weighted by atomic mass is 10.1. The fraction of sp³-hybridized carbons (Fsp3) is 0.267. The summed E-state index contributed by atoms with van der Waals surface area (Å²) < 4.78 is 0. The van der Waals surface area contributed by atoms with Crippen molar-refractivity contribution in [2.24, 2.45) is 5.73 Å². The molecule has 0 saturated carbocycles. The molecule has 4 heteroatoms. The highest BCUT2D eigenvalue weighted by Crippen LogP contribution is 2.21. The Labute approximate surface area is 119 Å². The minimum atomic E-state index is 0.166. The third-order valence-electron chi connectivity index (χ3n) is 3.15. The molecule has 2 N–H and O–H groups in total. The zero-order valence-corrected chi connectivity index (χ0v) is 11.7. The maximum Gasteiger partial charge on any atom is 0.0544 e. The van der Waals surface area contributed by atoms with Gasteiger partial charge in [-0.25, -0.2) is 0 Å². The van der Waals surface area contributed by atoms with Gasteiger partial charge in [-0.2, -0.15) is 0 Å². The van der Waals surface area contributed by atoms with Crippen molar-refractivity contribution in [3.63, 3.8) is 0 Å². The van der Waals surface area contributed by atoms with E-state index in [1.807, 2.05) is 48.7 Å². The van der Waals surface area contributed by atoms with Crippen LogP contribution in [0.25, 0.3) is 0 Å². The molecule has 0 radical (unpaired) electrons. The minimum Gasteiger partial charge on any atom is -0.329 e. The molecular formula is C15H18ClN3. The Morgan fingerprint density at radius 1 is 1.21 bits per heavy atom. The van der Waals surface area contributed by atoms with Crippen LogP contribution in [0.4, 0.5) is 0 Å². The van der Waals surface area contributed by atoms with Gasteiger partial charge in [0.15, 0.2) is 0 Å². The van der Waals surface area contributed by atoms with Gasteiger partial charge in [0.25, 0.3) is 0 Å². The van der Waals surface area contributed by atoms with E-state index in [-0.39, 0.29) is 6.04 Å². The van der Waals surface area contributed by atoms with Crippen molar-refractivity contribution in [2.45, 2.75) is 12.6 Å². The van der Waals surface area contributed by atoms with Gasteiger partial charge < -0.3 is 5.73 Å². The van der Waals surface area contributed by atoms with Gasteiger partial charge in [0.05, 0.1) is 5.69 Å². The summed E-state index contributed by atoms with van der Waals surface area (Å²) in [6.07, 6.45) is 1.81. The van der Waals surface area contributed by atoms with Gasteiger partial charge in [-0.1, -0.05) is 29.8 Å². The van der Waals surface area contributed by atoms with Crippen LogP contribution in [0.15, 0.2) is 48.7 Å². The summed E-state index contributed by atoms with van der Waals surface area (Å²) in [5, 5.41) is 0.743. The molecule has 1 heterocycles. The highest BCUT2D eigenvalue weighted by atomic mass is 35.5. The lowest BCUT2D eigenvalue weighted by Gasteiger charge is -2.27. The molecule has 1 aromatic heterocycles. The van der Waals surface area contributed by atoms with Crippen molar-refractivity contribution in [3.05, 3.63) is 64.9 Å². The molecule has 0 aliphatic carbocycles. The normalized spacial score (nSPS) is 12.6. The van der Waals surface area contributed by atoms with Gasteiger partial charge in [0.2, 0.25) is 0 Å². The lowest BCUT2D eigenvalue weighted by Crippen LogP contribution is -2.30. The molecule has 1 unspecified atom stereocenters. The third-order valence-corrected chi connectivity index (χ3v) is 3.40. The molecule has 19 heavy (non-hydrogen) atoms. The van der Waals surface area contributed by atoms with Crippen LogP contribution in [-0.2, 0) is 6.54 Å². The SMILES string of the molecule is CN(Cc1ccccn1)C(CN)c1ccc(Cl)cc1. The number of rotatable bonds is 5. The van der Waals surface area contributed by atoms with Gasteiger partial charge in [-0.15, -0.1) is 0 Å². The molecule has 0 aliphatic rings. The van der Waals surface area contributed by atoms with Crippen molar-refractivity contribution in [1.29, 1.82) is 0 Å². The average molecular weight is 276 g/mol. The van der Waals surface area contributed by atoms with Crippen LogP contribution in [0, 0.1) is 0 Å². The predicted molar refractivity (Wildman–Crippen MR) is 79.0 cm³/mol. The summed E-state index contributed by atoms with van der Waals surface area (Å²) in [6, 6.07) is 13.9. The first-order valence-electron chi connectivity index (χ1n) is 6.26. The predicted octanol–water partition coefficient (Wildman–Crippen LogP) is 2.87. The van der Waals surface area contributed by atoms with E-state index in [0.717, 1.165) is 17.3 Å². The zero-order valence-electron chi connectivity index (χ0n) is 11.0. The van der Waals surface area contributed by atoms with Crippen molar-refractivity contribution in [3.8, 4) is 0 Å². The molecule has 0 bridgehead atoms. The number of hydrogen-bond acceptors (Lipinski definition) is 3. The van der Waals surface area contributed by atoms with E-state index >= 15 is 0 Å². The van der Waals surface area contributed by atoms with E-state index in [4.69, 9.17) is 17.3 Å². The van der Waals surface area contributed by atoms with Crippen LogP contribution in [-0.4, -0.2) is 23.5 Å². The lowest BCUT2D eigenvalue weighted by molar-refractivity contribution is 0.239. The number of hydrogen-bond donors (Lipinski definition) is 1. The number of halogens is 1. The van der Waals surface area contributed by atoms with Crippen molar-refractivity contribution in [2.75, 3.05) is 13.6 Å². The van der Waals surface area contributed by atoms with Crippen molar-refractivity contribution < 1.29 is 0 Å². The fourth-order valence-corrected chi connectivity index (χ4v) is 2.24. The van der Waals surface area contributed by atoms with E-state index in [2.05, 4.69) is 16.9 Å². The smallest absolute Gasteiger partial charge is 0.0544 e. The van der Waals surface area contributed by atoms with Gasteiger partial charge in [0.1, 0.15) is 0 Å². The molecule has 2 aromatic rings. The Balaban J connectivity index is 2.11. The van der Waals surface area contributed by atoms with Gasteiger partial charge in [0, 0.05) is 30.4 Å². The third kappa shape index (κ3) is 3.77. The van der Waals surface area contributed by atoms with Gasteiger partial charge in [-0.05, 0) is 36.9 Å². The standard InChI is InChI=1S/C15H18ClN3/c1-19(11-14-4-2-3-9-18-14)15(10-17)12-5-7-13(16)8-6-12/h2-9,15H,10-11,17H2,1H3. The number of pyridine rings is 1. The van der Waals surface area contributed by atoms with E-state index in [9.17, 15) is 0 Å². The molecule has 1 atom stereocenters. The summed E-state index contributed by atoms with van der Waals surface area (Å²) in [5.41, 5.74) is 8.11. The number of nitrogens with two attached hydrogens (primary N) is 1. The second-order valence-electron chi connectivity index (χ2n) is 4.54. The zero-order chi connectivity index (χ0) is 13.7. The van der Waals surface area contributed by atoms with Crippen molar-refractivity contribution >= 4 is 11.6 Å². The molecule has 0 amide bonds. The largest absolute Gasteiger partial charge is 0.329 e. The molecule has 0 aliphatic heterocycles. The highest BCUT2D eigenvalue weighted by Gasteiger charge is 2.15. The quantitative estimate of drug-likeness (QED) is 0.912. The Kier molecular flexibility index (Phi) is 4.91. The average Bonchev–Trinajstić information content (AvgIpc) is 2.43. The summed E-state index contributed by atoms with van der Waals surface area (Å²) >= 11 is 5.91. The van der Waals surface area contributed by atoms with Crippen LogP contribution in [0.1, 0.15) is 17.3 Å². The van der Waals surface area contributed by atoms with Crippen LogP contribution in [0.3, 0.4) is 0 Å². The van der Waals surface area contributed by atoms with Crippen LogP contribution in [0.2, 0.25) is 5.02 Å². The van der Waals surface area contributed by atoms with Gasteiger partial charge >= 0.3 is 0 Å². The summed E-state index contributed by atoms with van der Waals surface area (Å²) in [4.78, 5) is 6.54. The Hall–Kier alpha value is -1.42. The Morgan fingerprint density at radius 2 is 1.95 bits per heavy atom. The molecule has 1 aromatic carbocycles. The van der Waals surface area contributed by atoms with E-state index < -0.39 is 0 Å². The number of aromatic nitrogens is 1. The maximum atomic E-state index is 5.91. The van der Waals surface area contributed by atoms with Gasteiger partial charge in [-0.3, -0.25) is 9.88 Å². The maximum absolute atomic E-state index is 5.91. The molecule has 3 nitrogen and oxygen atoms in total. The molecule has 2 rings (SSSR count). The molecule has 0 spiro atoms. The summed E-state index contributed by atoms with van der Waals surface area (Å²) in [6.45, 7) is 1.33.